The first-order valence-corrected chi connectivity index (χ1v) is 8.13. The van der Waals surface area contributed by atoms with Crippen LogP contribution in [0.3, 0.4) is 0 Å². The van der Waals surface area contributed by atoms with Gasteiger partial charge in [0.05, 0.1) is 12.6 Å². The van der Waals surface area contributed by atoms with E-state index in [1.807, 2.05) is 0 Å². The van der Waals surface area contributed by atoms with Crippen molar-refractivity contribution in [2.24, 2.45) is 11.8 Å². The van der Waals surface area contributed by atoms with Crippen molar-refractivity contribution in [3.8, 4) is 0 Å². The third-order valence-electron chi connectivity index (χ3n) is 4.79. The van der Waals surface area contributed by atoms with E-state index in [2.05, 4.69) is 12.2 Å². The lowest BCUT2D eigenvalue weighted by Gasteiger charge is -2.36. The summed E-state index contributed by atoms with van der Waals surface area (Å²) in [5.74, 6) is 0.512. The van der Waals surface area contributed by atoms with Gasteiger partial charge < -0.3 is 15.0 Å². The SMILES string of the molecule is COC1CN(C(=O)NCC2CCN(CC(F)(F)F)C2)CCC1C. The number of likely N-dealkylation sites (tertiary alicyclic amines) is 2. The van der Waals surface area contributed by atoms with Crippen LogP contribution >= 0.6 is 0 Å². The zero-order valence-electron chi connectivity index (χ0n) is 13.7. The number of carbonyl (C=O) groups is 1. The van der Waals surface area contributed by atoms with E-state index in [0.717, 1.165) is 6.42 Å². The lowest BCUT2D eigenvalue weighted by atomic mass is 9.96. The van der Waals surface area contributed by atoms with Crippen molar-refractivity contribution in [1.82, 2.24) is 15.1 Å². The zero-order valence-corrected chi connectivity index (χ0v) is 13.7. The molecule has 0 aromatic heterocycles. The molecular formula is C15H26F3N3O2. The van der Waals surface area contributed by atoms with E-state index in [-0.39, 0.29) is 18.1 Å². The third-order valence-corrected chi connectivity index (χ3v) is 4.79. The molecule has 2 rings (SSSR count). The Labute approximate surface area is 135 Å². The van der Waals surface area contributed by atoms with Crippen molar-refractivity contribution in [1.29, 1.82) is 0 Å². The average molecular weight is 337 g/mol. The van der Waals surface area contributed by atoms with Gasteiger partial charge in [0.2, 0.25) is 0 Å². The van der Waals surface area contributed by atoms with E-state index < -0.39 is 12.7 Å². The fourth-order valence-electron chi connectivity index (χ4n) is 3.35. The van der Waals surface area contributed by atoms with Crippen molar-refractivity contribution in [2.45, 2.75) is 32.0 Å². The number of hydrogen-bond acceptors (Lipinski definition) is 3. The molecule has 2 amide bonds. The number of alkyl halides is 3. The van der Waals surface area contributed by atoms with Crippen LogP contribution in [0.25, 0.3) is 0 Å². The van der Waals surface area contributed by atoms with E-state index in [0.29, 0.717) is 45.1 Å². The fourth-order valence-corrected chi connectivity index (χ4v) is 3.35. The highest BCUT2D eigenvalue weighted by Gasteiger charge is 2.34. The molecule has 0 aliphatic carbocycles. The second kappa shape index (κ2) is 7.70. The van der Waals surface area contributed by atoms with E-state index in [9.17, 15) is 18.0 Å². The van der Waals surface area contributed by atoms with E-state index in [4.69, 9.17) is 4.74 Å². The van der Waals surface area contributed by atoms with Crippen LogP contribution in [-0.4, -0.2) is 74.5 Å². The monoisotopic (exact) mass is 337 g/mol. The van der Waals surface area contributed by atoms with Gasteiger partial charge in [0.15, 0.2) is 0 Å². The van der Waals surface area contributed by atoms with Gasteiger partial charge in [-0.25, -0.2) is 4.79 Å². The molecule has 2 aliphatic heterocycles. The summed E-state index contributed by atoms with van der Waals surface area (Å²) in [4.78, 5) is 15.3. The first-order chi connectivity index (χ1) is 10.8. The lowest BCUT2D eigenvalue weighted by molar-refractivity contribution is -0.143. The smallest absolute Gasteiger partial charge is 0.379 e. The lowest BCUT2D eigenvalue weighted by Crippen LogP contribution is -2.51. The Balaban J connectivity index is 1.71. The number of ether oxygens (including phenoxy) is 1. The number of methoxy groups -OCH3 is 1. The molecule has 3 atom stereocenters. The van der Waals surface area contributed by atoms with Gasteiger partial charge in [-0.15, -0.1) is 0 Å². The maximum Gasteiger partial charge on any atom is 0.401 e. The summed E-state index contributed by atoms with van der Waals surface area (Å²) in [6.45, 7) is 3.75. The Morgan fingerprint density at radius 3 is 2.65 bits per heavy atom. The molecule has 3 unspecified atom stereocenters. The molecule has 2 aliphatic rings. The summed E-state index contributed by atoms with van der Waals surface area (Å²) < 4.78 is 42.5. The second-order valence-electron chi connectivity index (χ2n) is 6.68. The van der Waals surface area contributed by atoms with Gasteiger partial charge in [-0.05, 0) is 31.2 Å². The van der Waals surface area contributed by atoms with E-state index >= 15 is 0 Å². The van der Waals surface area contributed by atoms with Gasteiger partial charge in [0.25, 0.3) is 0 Å². The number of nitrogens with one attached hydrogen (secondary N) is 1. The van der Waals surface area contributed by atoms with Gasteiger partial charge in [-0.3, -0.25) is 4.90 Å². The highest BCUT2D eigenvalue weighted by atomic mass is 19.4. The summed E-state index contributed by atoms with van der Waals surface area (Å²) in [5.41, 5.74) is 0. The van der Waals surface area contributed by atoms with Crippen LogP contribution < -0.4 is 5.32 Å². The van der Waals surface area contributed by atoms with Gasteiger partial charge in [0, 0.05) is 33.3 Å². The highest BCUT2D eigenvalue weighted by Crippen LogP contribution is 2.23. The van der Waals surface area contributed by atoms with E-state index in [1.165, 1.54) is 4.90 Å². The normalized spacial score (nSPS) is 29.8. The van der Waals surface area contributed by atoms with Crippen LogP contribution in [-0.2, 0) is 4.74 Å². The minimum absolute atomic E-state index is 0.0447. The van der Waals surface area contributed by atoms with Crippen molar-refractivity contribution < 1.29 is 22.7 Å². The summed E-state index contributed by atoms with van der Waals surface area (Å²) in [7, 11) is 1.65. The summed E-state index contributed by atoms with van der Waals surface area (Å²) in [5, 5.41) is 2.86. The zero-order chi connectivity index (χ0) is 17.0. The molecule has 0 aromatic carbocycles. The van der Waals surface area contributed by atoms with Crippen LogP contribution in [0.1, 0.15) is 19.8 Å². The number of urea groups is 1. The van der Waals surface area contributed by atoms with E-state index in [1.54, 1.807) is 12.0 Å². The van der Waals surface area contributed by atoms with Crippen LogP contribution in [0.4, 0.5) is 18.0 Å². The van der Waals surface area contributed by atoms with Crippen LogP contribution in [0.15, 0.2) is 0 Å². The Kier molecular flexibility index (Phi) is 6.13. The molecule has 0 aromatic rings. The third kappa shape index (κ3) is 5.53. The average Bonchev–Trinajstić information content (AvgIpc) is 2.90. The molecule has 0 saturated carbocycles. The van der Waals surface area contributed by atoms with Gasteiger partial charge in [-0.2, -0.15) is 13.2 Å². The number of hydrogen-bond donors (Lipinski definition) is 1. The quantitative estimate of drug-likeness (QED) is 0.853. The first kappa shape index (κ1) is 18.3. The summed E-state index contributed by atoms with van der Waals surface area (Å²) in [6, 6.07) is -0.145. The molecule has 0 bridgehead atoms. The minimum atomic E-state index is -4.15. The Hall–Kier alpha value is -1.02. The minimum Gasteiger partial charge on any atom is -0.379 e. The molecule has 5 nitrogen and oxygen atoms in total. The number of piperidine rings is 1. The van der Waals surface area contributed by atoms with Crippen molar-refractivity contribution in [3.05, 3.63) is 0 Å². The molecule has 1 N–H and O–H groups in total. The number of amides is 2. The standard InChI is InChI=1S/C15H26F3N3O2/c1-11-3-6-21(9-13(11)23-2)14(22)19-7-12-4-5-20(8-12)10-15(16,17)18/h11-13H,3-10H2,1-2H3,(H,19,22). The fraction of sp³-hybridized carbons (Fsp3) is 0.933. The van der Waals surface area contributed by atoms with Crippen molar-refractivity contribution >= 4 is 6.03 Å². The molecule has 8 heteroatoms. The molecule has 2 heterocycles. The molecule has 134 valence electrons. The van der Waals surface area contributed by atoms with Crippen molar-refractivity contribution in [2.75, 3.05) is 46.4 Å². The molecule has 23 heavy (non-hydrogen) atoms. The molecular weight excluding hydrogens is 311 g/mol. The second-order valence-corrected chi connectivity index (χ2v) is 6.68. The number of halogens is 3. The molecule has 0 radical (unpaired) electrons. The van der Waals surface area contributed by atoms with Crippen LogP contribution in [0.2, 0.25) is 0 Å². The topological polar surface area (TPSA) is 44.8 Å². The highest BCUT2D eigenvalue weighted by molar-refractivity contribution is 5.74. The number of carbonyl (C=O) groups excluding carboxylic acids is 1. The molecule has 2 fully saturated rings. The predicted octanol–water partition coefficient (Wildman–Crippen LogP) is 1.94. The maximum absolute atomic E-state index is 12.4. The first-order valence-electron chi connectivity index (χ1n) is 8.13. The van der Waals surface area contributed by atoms with Crippen LogP contribution in [0, 0.1) is 11.8 Å². The number of rotatable bonds is 4. The Bertz CT molecular complexity index is 406. The van der Waals surface area contributed by atoms with Crippen molar-refractivity contribution in [3.63, 3.8) is 0 Å². The predicted molar refractivity (Wildman–Crippen MR) is 80.2 cm³/mol. The van der Waals surface area contributed by atoms with Gasteiger partial charge >= 0.3 is 12.2 Å². The molecule has 2 saturated heterocycles. The van der Waals surface area contributed by atoms with Gasteiger partial charge in [0.1, 0.15) is 0 Å². The summed E-state index contributed by atoms with van der Waals surface area (Å²) >= 11 is 0. The maximum atomic E-state index is 12.4. The van der Waals surface area contributed by atoms with Crippen LogP contribution in [0.5, 0.6) is 0 Å². The Morgan fingerprint density at radius 2 is 2.00 bits per heavy atom. The number of nitrogens with zero attached hydrogens (tertiary/aromatic N) is 2. The summed E-state index contributed by atoms with van der Waals surface area (Å²) in [6.07, 6.45) is -2.52. The Morgan fingerprint density at radius 1 is 1.26 bits per heavy atom. The van der Waals surface area contributed by atoms with Gasteiger partial charge in [-0.1, -0.05) is 6.92 Å². The molecule has 0 spiro atoms. The largest absolute Gasteiger partial charge is 0.401 e.